The maximum atomic E-state index is 13.1. The minimum absolute atomic E-state index is 0.0892. The van der Waals surface area contributed by atoms with Gasteiger partial charge in [-0.3, -0.25) is 9.59 Å². The summed E-state index contributed by atoms with van der Waals surface area (Å²) >= 11 is 1.18. The van der Waals surface area contributed by atoms with Crippen LogP contribution >= 0.6 is 11.8 Å². The molecule has 0 spiro atoms. The van der Waals surface area contributed by atoms with Gasteiger partial charge in [-0.2, -0.15) is 0 Å². The number of aliphatic hydroxyl groups excluding tert-OH is 1. The second-order valence-corrected chi connectivity index (χ2v) is 6.73. The van der Waals surface area contributed by atoms with E-state index in [0.717, 1.165) is 4.90 Å². The number of anilines is 1. The lowest BCUT2D eigenvalue weighted by molar-refractivity contribution is -0.119. The van der Waals surface area contributed by atoms with E-state index in [1.54, 1.807) is 30.3 Å². The van der Waals surface area contributed by atoms with Gasteiger partial charge in [-0.25, -0.2) is 4.90 Å². The molecule has 0 unspecified atom stereocenters. The Morgan fingerprint density at radius 1 is 0.963 bits per heavy atom. The average Bonchev–Trinajstić information content (AvgIpc) is 2.96. The molecule has 0 atom stereocenters. The maximum Gasteiger partial charge on any atom is 0.272 e. The predicted octanol–water partition coefficient (Wildman–Crippen LogP) is 2.71. The normalized spacial score (nSPS) is 14.1. The minimum atomic E-state index is -0.412. The van der Waals surface area contributed by atoms with Crippen LogP contribution in [-0.4, -0.2) is 43.5 Å². The number of amides is 2. The summed E-state index contributed by atoms with van der Waals surface area (Å²) in [6.45, 7) is -0.0892. The maximum absolute atomic E-state index is 13.1. The van der Waals surface area contributed by atoms with E-state index < -0.39 is 11.8 Å². The van der Waals surface area contributed by atoms with Crippen molar-refractivity contribution < 1.29 is 24.2 Å². The first-order valence-corrected chi connectivity index (χ1v) is 9.25. The van der Waals surface area contributed by atoms with Crippen LogP contribution in [0.5, 0.6) is 11.5 Å². The molecule has 2 aromatic rings. The Balaban J connectivity index is 2.06. The SMILES string of the molecule is COc1ccc(N2C(=O)C(SCCO)=C(c3ccccc3)C2=O)cc1OC. The molecule has 3 rings (SSSR count). The molecule has 2 amide bonds. The third-order valence-corrected chi connectivity index (χ3v) is 5.12. The van der Waals surface area contributed by atoms with Gasteiger partial charge in [-0.1, -0.05) is 30.3 Å². The Bertz CT molecular complexity index is 895. The van der Waals surface area contributed by atoms with Crippen molar-refractivity contribution in [3.8, 4) is 11.5 Å². The van der Waals surface area contributed by atoms with E-state index in [9.17, 15) is 9.59 Å². The molecule has 0 saturated heterocycles. The molecule has 0 aliphatic carbocycles. The van der Waals surface area contributed by atoms with Gasteiger partial charge in [0.25, 0.3) is 11.8 Å². The number of methoxy groups -OCH3 is 2. The standard InChI is InChI=1S/C20H19NO5S/c1-25-15-9-8-14(12-16(15)26-2)21-19(23)17(13-6-4-3-5-7-13)18(20(21)24)27-11-10-22/h3-9,12,22H,10-11H2,1-2H3. The quantitative estimate of drug-likeness (QED) is 0.739. The Hall–Kier alpha value is -2.77. The van der Waals surface area contributed by atoms with Crippen LogP contribution < -0.4 is 14.4 Å². The summed E-state index contributed by atoms with van der Waals surface area (Å²) in [6.07, 6.45) is 0. The van der Waals surface area contributed by atoms with Gasteiger partial charge in [0.2, 0.25) is 0 Å². The van der Waals surface area contributed by atoms with Crippen LogP contribution in [0.1, 0.15) is 5.56 Å². The van der Waals surface area contributed by atoms with E-state index in [1.807, 2.05) is 18.2 Å². The molecule has 0 fully saturated rings. The molecule has 1 aliphatic heterocycles. The van der Waals surface area contributed by atoms with E-state index >= 15 is 0 Å². The zero-order chi connectivity index (χ0) is 19.4. The summed E-state index contributed by atoms with van der Waals surface area (Å²) in [5.74, 6) is 0.438. The van der Waals surface area contributed by atoms with Crippen molar-refractivity contribution in [2.75, 3.05) is 31.5 Å². The van der Waals surface area contributed by atoms with Crippen molar-refractivity contribution >= 4 is 34.8 Å². The second-order valence-electron chi connectivity index (χ2n) is 5.63. The first-order valence-electron chi connectivity index (χ1n) is 8.26. The van der Waals surface area contributed by atoms with Crippen LogP contribution in [-0.2, 0) is 9.59 Å². The summed E-state index contributed by atoms with van der Waals surface area (Å²) in [4.78, 5) is 27.6. The van der Waals surface area contributed by atoms with Crippen molar-refractivity contribution in [2.45, 2.75) is 0 Å². The number of aliphatic hydroxyl groups is 1. The van der Waals surface area contributed by atoms with E-state index in [-0.39, 0.29) is 6.61 Å². The van der Waals surface area contributed by atoms with Crippen LogP contribution in [0.2, 0.25) is 0 Å². The summed E-state index contributed by atoms with van der Waals surface area (Å²) in [6, 6.07) is 13.9. The van der Waals surface area contributed by atoms with Crippen molar-refractivity contribution in [1.29, 1.82) is 0 Å². The molecule has 0 radical (unpaired) electrons. The smallest absolute Gasteiger partial charge is 0.272 e. The summed E-state index contributed by atoms with van der Waals surface area (Å²) in [5, 5.41) is 9.16. The van der Waals surface area contributed by atoms with Crippen LogP contribution in [0.4, 0.5) is 5.69 Å². The van der Waals surface area contributed by atoms with Gasteiger partial charge in [0.05, 0.1) is 37.0 Å². The lowest BCUT2D eigenvalue weighted by atomic mass is 10.1. The molecular formula is C20H19NO5S. The Labute approximate surface area is 161 Å². The highest BCUT2D eigenvalue weighted by molar-refractivity contribution is 8.04. The van der Waals surface area contributed by atoms with E-state index in [0.29, 0.717) is 39.0 Å². The van der Waals surface area contributed by atoms with Gasteiger partial charge in [-0.15, -0.1) is 11.8 Å². The van der Waals surface area contributed by atoms with Crippen molar-refractivity contribution in [2.24, 2.45) is 0 Å². The summed E-state index contributed by atoms with van der Waals surface area (Å²) < 4.78 is 10.5. The Morgan fingerprint density at radius 3 is 2.30 bits per heavy atom. The average molecular weight is 385 g/mol. The van der Waals surface area contributed by atoms with E-state index in [4.69, 9.17) is 14.6 Å². The van der Waals surface area contributed by atoms with Crippen molar-refractivity contribution in [3.05, 3.63) is 59.0 Å². The van der Waals surface area contributed by atoms with Gasteiger partial charge in [0.15, 0.2) is 11.5 Å². The lowest BCUT2D eigenvalue weighted by Gasteiger charge is -2.17. The molecule has 0 aromatic heterocycles. The molecule has 1 heterocycles. The second kappa shape index (κ2) is 8.28. The van der Waals surface area contributed by atoms with E-state index in [1.165, 1.54) is 26.0 Å². The predicted molar refractivity (Wildman–Crippen MR) is 105 cm³/mol. The van der Waals surface area contributed by atoms with Gasteiger partial charge in [-0.05, 0) is 17.7 Å². The van der Waals surface area contributed by atoms with Gasteiger partial charge in [0.1, 0.15) is 0 Å². The molecule has 6 nitrogen and oxygen atoms in total. The first kappa shape index (κ1) is 19.0. The number of rotatable bonds is 7. The number of benzene rings is 2. The van der Waals surface area contributed by atoms with Crippen LogP contribution in [0.15, 0.2) is 53.4 Å². The molecule has 0 bridgehead atoms. The number of carbonyl (C=O) groups is 2. The molecule has 1 aliphatic rings. The van der Waals surface area contributed by atoms with Crippen molar-refractivity contribution in [1.82, 2.24) is 0 Å². The van der Waals surface area contributed by atoms with Gasteiger partial charge >= 0.3 is 0 Å². The zero-order valence-corrected chi connectivity index (χ0v) is 15.8. The highest BCUT2D eigenvalue weighted by Crippen LogP contribution is 2.40. The van der Waals surface area contributed by atoms with Gasteiger partial charge in [0, 0.05) is 11.8 Å². The summed E-state index contributed by atoms with van der Waals surface area (Å²) in [5.41, 5.74) is 1.41. The van der Waals surface area contributed by atoms with Crippen LogP contribution in [0, 0.1) is 0 Å². The fraction of sp³-hybridized carbons (Fsp3) is 0.200. The first-order chi connectivity index (χ1) is 13.1. The van der Waals surface area contributed by atoms with Crippen LogP contribution in [0.25, 0.3) is 5.57 Å². The van der Waals surface area contributed by atoms with Crippen LogP contribution in [0.3, 0.4) is 0 Å². The molecule has 1 N–H and O–H groups in total. The summed E-state index contributed by atoms with van der Waals surface area (Å²) in [7, 11) is 3.01. The molecule has 140 valence electrons. The third kappa shape index (κ3) is 3.56. The fourth-order valence-corrected chi connectivity index (χ4v) is 3.71. The molecular weight excluding hydrogens is 366 g/mol. The third-order valence-electron chi connectivity index (χ3n) is 4.07. The Kier molecular flexibility index (Phi) is 5.83. The number of carbonyl (C=O) groups excluding carboxylic acids is 2. The van der Waals surface area contributed by atoms with E-state index in [2.05, 4.69) is 0 Å². The zero-order valence-electron chi connectivity index (χ0n) is 15.0. The molecule has 27 heavy (non-hydrogen) atoms. The highest BCUT2D eigenvalue weighted by Gasteiger charge is 2.40. The number of ether oxygens (including phenoxy) is 2. The molecule has 2 aromatic carbocycles. The number of hydrogen-bond donors (Lipinski definition) is 1. The minimum Gasteiger partial charge on any atom is -0.493 e. The highest BCUT2D eigenvalue weighted by atomic mass is 32.2. The number of hydrogen-bond acceptors (Lipinski definition) is 6. The van der Waals surface area contributed by atoms with Crippen molar-refractivity contribution in [3.63, 3.8) is 0 Å². The molecule has 7 heteroatoms. The topological polar surface area (TPSA) is 76.1 Å². The fourth-order valence-electron chi connectivity index (χ4n) is 2.85. The lowest BCUT2D eigenvalue weighted by Crippen LogP contribution is -2.31. The van der Waals surface area contributed by atoms with Gasteiger partial charge < -0.3 is 14.6 Å². The number of nitrogens with zero attached hydrogens (tertiary/aromatic N) is 1. The molecule has 0 saturated carbocycles. The Morgan fingerprint density at radius 2 is 1.67 bits per heavy atom. The number of thioether (sulfide) groups is 1. The monoisotopic (exact) mass is 385 g/mol. The number of imide groups is 1. The largest absolute Gasteiger partial charge is 0.493 e.